The van der Waals surface area contributed by atoms with Crippen LogP contribution in [0.3, 0.4) is 0 Å². The van der Waals surface area contributed by atoms with Crippen LogP contribution in [0.2, 0.25) is 5.02 Å². The van der Waals surface area contributed by atoms with Crippen molar-refractivity contribution in [2.45, 2.75) is 6.92 Å². The maximum atomic E-state index is 5.97. The van der Waals surface area contributed by atoms with Crippen LogP contribution in [-0.4, -0.2) is 21.8 Å². The number of rotatable bonds is 6. The average molecular weight is 342 g/mol. The largest absolute Gasteiger partial charge is 0.494 e. The van der Waals surface area contributed by atoms with Crippen LogP contribution in [0.25, 0.3) is 0 Å². The monoisotopic (exact) mass is 341 g/mol. The van der Waals surface area contributed by atoms with E-state index < -0.39 is 0 Å². The van der Waals surface area contributed by atoms with Gasteiger partial charge in [-0.1, -0.05) is 17.7 Å². The van der Waals surface area contributed by atoms with Crippen LogP contribution in [0, 0.1) is 0 Å². The van der Waals surface area contributed by atoms with Crippen molar-refractivity contribution in [1.29, 1.82) is 0 Å². The van der Waals surface area contributed by atoms with E-state index in [1.807, 2.05) is 55.5 Å². The minimum absolute atomic E-state index is 0.395. The summed E-state index contributed by atoms with van der Waals surface area (Å²) in [5.41, 5.74) is 1.68. The quantitative estimate of drug-likeness (QED) is 0.692. The molecule has 0 aliphatic carbocycles. The molecule has 0 spiro atoms. The van der Waals surface area contributed by atoms with E-state index in [0.29, 0.717) is 23.4 Å². The van der Waals surface area contributed by atoms with Gasteiger partial charge in [-0.05, 0) is 49.4 Å². The van der Waals surface area contributed by atoms with Crippen molar-refractivity contribution in [2.75, 3.05) is 17.2 Å². The number of hydrogen-bond acceptors (Lipinski definition) is 6. The summed E-state index contributed by atoms with van der Waals surface area (Å²) in [6.07, 6.45) is 1.55. The Balaban J connectivity index is 1.70. The highest BCUT2D eigenvalue weighted by Gasteiger charge is 2.03. The van der Waals surface area contributed by atoms with Gasteiger partial charge in [0.25, 0.3) is 0 Å². The van der Waals surface area contributed by atoms with Gasteiger partial charge in [0.2, 0.25) is 5.95 Å². The van der Waals surface area contributed by atoms with E-state index in [1.54, 1.807) is 6.20 Å². The lowest BCUT2D eigenvalue weighted by Crippen LogP contribution is -2.02. The number of halogens is 1. The molecule has 122 valence electrons. The Morgan fingerprint density at radius 2 is 1.88 bits per heavy atom. The molecule has 0 saturated heterocycles. The van der Waals surface area contributed by atoms with Crippen LogP contribution in [-0.2, 0) is 0 Å². The third-order valence-electron chi connectivity index (χ3n) is 3.08. The molecule has 6 nitrogen and oxygen atoms in total. The number of anilines is 4. The fraction of sp³-hybridized carbons (Fsp3) is 0.118. The lowest BCUT2D eigenvalue weighted by molar-refractivity contribution is 0.340. The molecule has 0 bridgehead atoms. The first-order valence-electron chi connectivity index (χ1n) is 7.45. The van der Waals surface area contributed by atoms with E-state index >= 15 is 0 Å². The van der Waals surface area contributed by atoms with Crippen LogP contribution >= 0.6 is 11.6 Å². The smallest absolute Gasteiger partial charge is 0.249 e. The summed E-state index contributed by atoms with van der Waals surface area (Å²) in [4.78, 5) is 4.38. The molecule has 1 heterocycles. The van der Waals surface area contributed by atoms with E-state index in [2.05, 4.69) is 25.8 Å². The first-order chi connectivity index (χ1) is 11.7. The lowest BCUT2D eigenvalue weighted by Gasteiger charge is -2.08. The van der Waals surface area contributed by atoms with E-state index in [-0.39, 0.29) is 0 Å². The number of ether oxygens (including phenoxy) is 1. The zero-order valence-corrected chi connectivity index (χ0v) is 13.8. The van der Waals surface area contributed by atoms with Crippen molar-refractivity contribution < 1.29 is 4.74 Å². The van der Waals surface area contributed by atoms with E-state index in [0.717, 1.165) is 17.1 Å². The summed E-state index contributed by atoms with van der Waals surface area (Å²) in [6, 6.07) is 14.9. The van der Waals surface area contributed by atoms with Gasteiger partial charge in [-0.15, -0.1) is 5.10 Å². The maximum Gasteiger partial charge on any atom is 0.249 e. The molecule has 3 aromatic rings. The topological polar surface area (TPSA) is 72.0 Å². The first-order valence-corrected chi connectivity index (χ1v) is 7.83. The van der Waals surface area contributed by atoms with Gasteiger partial charge in [0.15, 0.2) is 5.82 Å². The molecule has 2 aromatic carbocycles. The second kappa shape index (κ2) is 7.61. The fourth-order valence-corrected chi connectivity index (χ4v) is 2.25. The Hall–Kier alpha value is -2.86. The van der Waals surface area contributed by atoms with Gasteiger partial charge < -0.3 is 15.4 Å². The summed E-state index contributed by atoms with van der Waals surface area (Å²) in [5, 5.41) is 14.8. The van der Waals surface area contributed by atoms with Crippen molar-refractivity contribution >= 4 is 34.7 Å². The standard InChI is InChI=1S/C17H16ClN5O/c1-2-24-15-8-6-13(7-9-15)21-17-22-16(11-19-23-17)20-14-5-3-4-12(18)10-14/h3-11H,2H2,1H3,(H2,20,21,22,23). The normalized spacial score (nSPS) is 10.2. The zero-order valence-electron chi connectivity index (χ0n) is 13.0. The fourth-order valence-electron chi connectivity index (χ4n) is 2.06. The summed E-state index contributed by atoms with van der Waals surface area (Å²) in [6.45, 7) is 2.58. The molecule has 0 unspecified atom stereocenters. The van der Waals surface area contributed by atoms with E-state index in [4.69, 9.17) is 16.3 Å². The molecule has 0 aliphatic heterocycles. The van der Waals surface area contributed by atoms with Gasteiger partial charge in [0.05, 0.1) is 12.8 Å². The number of aromatic nitrogens is 3. The van der Waals surface area contributed by atoms with E-state index in [9.17, 15) is 0 Å². The highest BCUT2D eigenvalue weighted by Crippen LogP contribution is 2.21. The van der Waals surface area contributed by atoms with Gasteiger partial charge in [0.1, 0.15) is 5.75 Å². The molecule has 0 aliphatic rings. The van der Waals surface area contributed by atoms with Crippen molar-refractivity contribution in [3.8, 4) is 5.75 Å². The predicted molar refractivity (Wildman–Crippen MR) is 95.5 cm³/mol. The van der Waals surface area contributed by atoms with Crippen molar-refractivity contribution in [1.82, 2.24) is 15.2 Å². The van der Waals surface area contributed by atoms with Gasteiger partial charge in [-0.3, -0.25) is 0 Å². The molecule has 0 saturated carbocycles. The summed E-state index contributed by atoms with van der Waals surface area (Å²) in [5.74, 6) is 1.78. The molecule has 1 aromatic heterocycles. The number of nitrogens with zero attached hydrogens (tertiary/aromatic N) is 3. The summed E-state index contributed by atoms with van der Waals surface area (Å²) < 4.78 is 5.41. The lowest BCUT2D eigenvalue weighted by atomic mass is 10.3. The maximum absolute atomic E-state index is 5.97. The molecule has 0 atom stereocenters. The minimum atomic E-state index is 0.395. The molecule has 0 fully saturated rings. The Morgan fingerprint density at radius 3 is 2.62 bits per heavy atom. The minimum Gasteiger partial charge on any atom is -0.494 e. The van der Waals surface area contributed by atoms with Crippen molar-refractivity contribution in [2.24, 2.45) is 0 Å². The highest BCUT2D eigenvalue weighted by molar-refractivity contribution is 6.30. The predicted octanol–water partition coefficient (Wildman–Crippen LogP) is 4.41. The third kappa shape index (κ3) is 4.33. The first kappa shape index (κ1) is 16.0. The molecule has 24 heavy (non-hydrogen) atoms. The Morgan fingerprint density at radius 1 is 1.04 bits per heavy atom. The van der Waals surface area contributed by atoms with Gasteiger partial charge in [-0.2, -0.15) is 10.1 Å². The van der Waals surface area contributed by atoms with Crippen LogP contribution < -0.4 is 15.4 Å². The Bertz CT molecular complexity index is 810. The molecule has 0 radical (unpaired) electrons. The molecular weight excluding hydrogens is 326 g/mol. The molecule has 7 heteroatoms. The second-order valence-corrected chi connectivity index (χ2v) is 5.32. The summed E-state index contributed by atoms with van der Waals surface area (Å²) in [7, 11) is 0. The van der Waals surface area contributed by atoms with Crippen LogP contribution in [0.5, 0.6) is 5.75 Å². The van der Waals surface area contributed by atoms with Gasteiger partial charge in [0, 0.05) is 16.4 Å². The van der Waals surface area contributed by atoms with Crippen molar-refractivity contribution in [3.63, 3.8) is 0 Å². The third-order valence-corrected chi connectivity index (χ3v) is 3.31. The number of benzene rings is 2. The molecule has 0 amide bonds. The Labute approximate surface area is 144 Å². The number of hydrogen-bond donors (Lipinski definition) is 2. The van der Waals surface area contributed by atoms with Crippen LogP contribution in [0.4, 0.5) is 23.1 Å². The van der Waals surface area contributed by atoms with Crippen LogP contribution in [0.1, 0.15) is 6.92 Å². The van der Waals surface area contributed by atoms with Gasteiger partial charge in [-0.25, -0.2) is 0 Å². The Kier molecular flexibility index (Phi) is 5.08. The van der Waals surface area contributed by atoms with E-state index in [1.165, 1.54) is 0 Å². The second-order valence-electron chi connectivity index (χ2n) is 4.88. The number of nitrogens with one attached hydrogen (secondary N) is 2. The van der Waals surface area contributed by atoms with Crippen LogP contribution in [0.15, 0.2) is 54.7 Å². The molecule has 2 N–H and O–H groups in total. The SMILES string of the molecule is CCOc1ccc(Nc2nncc(Nc3cccc(Cl)c3)n2)cc1. The zero-order chi connectivity index (χ0) is 16.8. The molecular formula is C17H16ClN5O. The molecule has 3 rings (SSSR count). The highest BCUT2D eigenvalue weighted by atomic mass is 35.5. The van der Waals surface area contributed by atoms with Crippen molar-refractivity contribution in [3.05, 3.63) is 59.8 Å². The average Bonchev–Trinajstić information content (AvgIpc) is 2.57. The summed E-state index contributed by atoms with van der Waals surface area (Å²) >= 11 is 5.97. The van der Waals surface area contributed by atoms with Gasteiger partial charge >= 0.3 is 0 Å².